The van der Waals surface area contributed by atoms with E-state index in [4.69, 9.17) is 4.74 Å². The monoisotopic (exact) mass is 483 g/mol. The van der Waals surface area contributed by atoms with Gasteiger partial charge < -0.3 is 4.74 Å². The van der Waals surface area contributed by atoms with Gasteiger partial charge in [0.15, 0.2) is 5.78 Å². The molecule has 2 aromatic carbocycles. The average Bonchev–Trinajstić information content (AvgIpc) is 2.80. The minimum Gasteiger partial charge on any atom is -0.457 e. The lowest BCUT2D eigenvalue weighted by molar-refractivity contribution is -0.118. The number of nitrogens with zero attached hydrogens (tertiary/aromatic N) is 1. The van der Waals surface area contributed by atoms with Crippen molar-refractivity contribution in [2.75, 3.05) is 5.75 Å². The molecule has 3 aromatic rings. The normalized spacial score (nSPS) is 10.7. The van der Waals surface area contributed by atoms with Gasteiger partial charge in [0.1, 0.15) is 40.4 Å². The van der Waals surface area contributed by atoms with Crippen molar-refractivity contribution < 1.29 is 27.9 Å². The Hall–Kier alpha value is -3.39. The lowest BCUT2D eigenvalue weighted by Crippen LogP contribution is -2.08. The molecule has 176 valence electrons. The Morgan fingerprint density at radius 1 is 0.941 bits per heavy atom. The van der Waals surface area contributed by atoms with Crippen molar-refractivity contribution in [3.8, 4) is 11.5 Å². The van der Waals surface area contributed by atoms with Crippen molar-refractivity contribution in [1.82, 2.24) is 4.98 Å². The molecule has 5 nitrogen and oxygen atoms in total. The molecular formula is C26H23F2NO4S. The minimum absolute atomic E-state index is 0.0441. The second-order valence-electron chi connectivity index (χ2n) is 7.66. The maximum Gasteiger partial charge on any atom is 0.181 e. The Morgan fingerprint density at radius 3 is 2.38 bits per heavy atom. The number of hydrogen-bond acceptors (Lipinski definition) is 6. The van der Waals surface area contributed by atoms with Crippen molar-refractivity contribution in [3.05, 3.63) is 83.2 Å². The fraction of sp³-hybridized carbons (Fsp3) is 0.231. The maximum absolute atomic E-state index is 14.6. The molecule has 0 saturated heterocycles. The van der Waals surface area contributed by atoms with E-state index in [0.717, 1.165) is 11.8 Å². The molecule has 0 amide bonds. The zero-order valence-electron chi connectivity index (χ0n) is 18.8. The van der Waals surface area contributed by atoms with Gasteiger partial charge in [0.2, 0.25) is 0 Å². The van der Waals surface area contributed by atoms with E-state index in [9.17, 15) is 23.2 Å². The predicted molar refractivity (Wildman–Crippen MR) is 126 cm³/mol. The summed E-state index contributed by atoms with van der Waals surface area (Å²) in [7, 11) is 0. The van der Waals surface area contributed by atoms with E-state index >= 15 is 0 Å². The second kappa shape index (κ2) is 11.7. The number of benzene rings is 2. The van der Waals surface area contributed by atoms with Crippen LogP contribution in [0.15, 0.2) is 59.6 Å². The lowest BCUT2D eigenvalue weighted by Gasteiger charge is -2.09. The molecule has 0 saturated carbocycles. The molecule has 1 heterocycles. The Bertz CT molecular complexity index is 1230. The van der Waals surface area contributed by atoms with Gasteiger partial charge in [0, 0.05) is 42.5 Å². The van der Waals surface area contributed by atoms with E-state index in [1.54, 1.807) is 19.1 Å². The standard InChI is InChI=1S/C26H23F2NO4S/c1-3-25(32)24-14-21(8-9-29-24)33-20-6-5-18(22(27)13-20)12-19(31)10-17-4-7-26(23(28)11-17)34-15-16(2)30/h4-9,11,13-14H,3,10,12,15H2,1-2H3. The largest absolute Gasteiger partial charge is 0.457 e. The van der Waals surface area contributed by atoms with Crippen LogP contribution in [0.4, 0.5) is 8.78 Å². The first kappa shape index (κ1) is 25.2. The quantitative estimate of drug-likeness (QED) is 0.254. The number of hydrogen-bond donors (Lipinski definition) is 0. The van der Waals surface area contributed by atoms with Crippen LogP contribution in [0.3, 0.4) is 0 Å². The van der Waals surface area contributed by atoms with E-state index in [1.165, 1.54) is 49.5 Å². The van der Waals surface area contributed by atoms with Crippen molar-refractivity contribution in [2.45, 2.75) is 38.0 Å². The molecule has 0 fully saturated rings. The summed E-state index contributed by atoms with van der Waals surface area (Å²) < 4.78 is 34.4. The Labute approximate surface area is 200 Å². The Morgan fingerprint density at radius 2 is 1.71 bits per heavy atom. The minimum atomic E-state index is -0.605. The molecule has 0 spiro atoms. The number of halogens is 2. The second-order valence-corrected chi connectivity index (χ2v) is 8.67. The Balaban J connectivity index is 1.62. The van der Waals surface area contributed by atoms with Crippen molar-refractivity contribution in [3.63, 3.8) is 0 Å². The van der Waals surface area contributed by atoms with Crippen LogP contribution >= 0.6 is 11.8 Å². The van der Waals surface area contributed by atoms with Crippen LogP contribution in [0.2, 0.25) is 0 Å². The van der Waals surface area contributed by atoms with Gasteiger partial charge in [-0.25, -0.2) is 8.78 Å². The van der Waals surface area contributed by atoms with E-state index < -0.39 is 11.6 Å². The Kier molecular flexibility index (Phi) is 8.65. The SMILES string of the molecule is CCC(=O)c1cc(Oc2ccc(CC(=O)Cc3ccc(SCC(C)=O)c(F)c3)c(F)c2)ccn1. The average molecular weight is 484 g/mol. The molecule has 0 aliphatic heterocycles. The number of rotatable bonds is 11. The predicted octanol–water partition coefficient (Wildman–Crippen LogP) is 5.78. The number of pyridine rings is 1. The summed E-state index contributed by atoms with van der Waals surface area (Å²) in [6.07, 6.45) is 1.55. The summed E-state index contributed by atoms with van der Waals surface area (Å²) in [6, 6.07) is 11.7. The van der Waals surface area contributed by atoms with Gasteiger partial charge in [-0.1, -0.05) is 19.1 Å². The number of Topliss-reactive ketones (excluding diaryl/α,β-unsaturated/α-hetero) is 3. The topological polar surface area (TPSA) is 73.3 Å². The summed E-state index contributed by atoms with van der Waals surface area (Å²) in [5.74, 6) is -0.816. The number of carbonyl (C=O) groups is 3. The fourth-order valence-electron chi connectivity index (χ4n) is 3.13. The fourth-order valence-corrected chi connectivity index (χ4v) is 3.85. The summed E-state index contributed by atoms with van der Waals surface area (Å²) >= 11 is 1.10. The van der Waals surface area contributed by atoms with Crippen molar-refractivity contribution in [2.24, 2.45) is 0 Å². The molecule has 0 N–H and O–H groups in total. The summed E-state index contributed by atoms with van der Waals surface area (Å²) in [5.41, 5.74) is 0.942. The molecule has 0 aliphatic carbocycles. The molecule has 0 aliphatic rings. The molecule has 3 rings (SSSR count). The van der Waals surface area contributed by atoms with Crippen LogP contribution in [0.25, 0.3) is 0 Å². The van der Waals surface area contributed by atoms with Crippen LogP contribution in [0.1, 0.15) is 41.9 Å². The van der Waals surface area contributed by atoms with Crippen LogP contribution < -0.4 is 4.74 Å². The van der Waals surface area contributed by atoms with E-state index in [0.29, 0.717) is 22.6 Å². The lowest BCUT2D eigenvalue weighted by atomic mass is 10.0. The molecule has 0 unspecified atom stereocenters. The molecule has 8 heteroatoms. The molecule has 1 aromatic heterocycles. The third-order valence-electron chi connectivity index (χ3n) is 4.81. The number of ketones is 3. The summed E-state index contributed by atoms with van der Waals surface area (Å²) in [4.78, 5) is 39.6. The number of ether oxygens (including phenoxy) is 1. The van der Waals surface area contributed by atoms with Crippen LogP contribution in [0.5, 0.6) is 11.5 Å². The van der Waals surface area contributed by atoms with Crippen molar-refractivity contribution >= 4 is 29.1 Å². The third kappa shape index (κ3) is 7.05. The van der Waals surface area contributed by atoms with Gasteiger partial charge in [-0.05, 0) is 42.3 Å². The number of aromatic nitrogens is 1. The van der Waals surface area contributed by atoms with Crippen molar-refractivity contribution in [1.29, 1.82) is 0 Å². The first-order valence-corrected chi connectivity index (χ1v) is 11.6. The van der Waals surface area contributed by atoms with Gasteiger partial charge >= 0.3 is 0 Å². The third-order valence-corrected chi connectivity index (χ3v) is 6.01. The first-order valence-electron chi connectivity index (χ1n) is 10.6. The van der Waals surface area contributed by atoms with Crippen LogP contribution in [0, 0.1) is 11.6 Å². The van der Waals surface area contributed by atoms with Gasteiger partial charge in [-0.3, -0.25) is 19.4 Å². The van der Waals surface area contributed by atoms with Crippen LogP contribution in [-0.4, -0.2) is 28.1 Å². The molecule has 34 heavy (non-hydrogen) atoms. The molecular weight excluding hydrogens is 460 g/mol. The molecule has 0 atom stereocenters. The van der Waals surface area contributed by atoms with Gasteiger partial charge in [-0.2, -0.15) is 0 Å². The highest BCUT2D eigenvalue weighted by Crippen LogP contribution is 2.25. The van der Waals surface area contributed by atoms with Gasteiger partial charge in [0.25, 0.3) is 0 Å². The zero-order chi connectivity index (χ0) is 24.7. The smallest absolute Gasteiger partial charge is 0.181 e. The van der Waals surface area contributed by atoms with E-state index in [2.05, 4.69) is 4.98 Å². The van der Waals surface area contributed by atoms with Gasteiger partial charge in [0.05, 0.1) is 5.75 Å². The number of carbonyl (C=O) groups excluding carboxylic acids is 3. The highest BCUT2D eigenvalue weighted by atomic mass is 32.2. The summed E-state index contributed by atoms with van der Waals surface area (Å²) in [6.45, 7) is 3.16. The highest BCUT2D eigenvalue weighted by molar-refractivity contribution is 8.00. The molecule has 0 bridgehead atoms. The van der Waals surface area contributed by atoms with E-state index in [1.807, 2.05) is 0 Å². The maximum atomic E-state index is 14.6. The first-order chi connectivity index (χ1) is 16.2. The summed E-state index contributed by atoms with van der Waals surface area (Å²) in [5, 5.41) is 0. The van der Waals surface area contributed by atoms with Crippen LogP contribution in [-0.2, 0) is 22.4 Å². The van der Waals surface area contributed by atoms with Gasteiger partial charge in [-0.15, -0.1) is 11.8 Å². The molecule has 0 radical (unpaired) electrons. The van der Waals surface area contributed by atoms with E-state index in [-0.39, 0.29) is 53.0 Å². The zero-order valence-corrected chi connectivity index (χ0v) is 19.6. The number of thioether (sulfide) groups is 1. The highest BCUT2D eigenvalue weighted by Gasteiger charge is 2.13.